The van der Waals surface area contributed by atoms with Crippen LogP contribution in [0.3, 0.4) is 0 Å². The summed E-state index contributed by atoms with van der Waals surface area (Å²) in [5.41, 5.74) is 6.54. The fraction of sp³-hybridized carbons (Fsp3) is 0.250. The highest BCUT2D eigenvalue weighted by Crippen LogP contribution is 2.35. The highest BCUT2D eigenvalue weighted by molar-refractivity contribution is 7.89. The summed E-state index contributed by atoms with van der Waals surface area (Å²) in [6, 6.07) is 10.7. The molecule has 5 heteroatoms. The van der Waals surface area contributed by atoms with E-state index in [9.17, 15) is 8.42 Å². The number of sulfonamides is 1. The third-order valence-electron chi connectivity index (χ3n) is 3.77. The first-order chi connectivity index (χ1) is 10.1. The number of nitrogens with zero attached hydrogens (tertiary/aromatic N) is 1. The number of fused-ring (bicyclic) bond motifs is 1. The molecule has 1 fully saturated rings. The minimum atomic E-state index is -3.54. The Morgan fingerprint density at radius 2 is 1.86 bits per heavy atom. The van der Waals surface area contributed by atoms with E-state index in [-0.39, 0.29) is 6.04 Å². The molecule has 0 aromatic heterocycles. The van der Waals surface area contributed by atoms with Crippen LogP contribution >= 0.6 is 0 Å². The zero-order chi connectivity index (χ0) is 15.0. The number of hydrogen-bond acceptors (Lipinski definition) is 3. The third-order valence-corrected chi connectivity index (χ3v) is 5.74. The monoisotopic (exact) mass is 302 g/mol. The van der Waals surface area contributed by atoms with Crippen LogP contribution in [0.15, 0.2) is 53.9 Å². The lowest BCUT2D eigenvalue weighted by Gasteiger charge is -2.21. The van der Waals surface area contributed by atoms with Gasteiger partial charge in [0.25, 0.3) is 0 Å². The second kappa shape index (κ2) is 5.16. The molecule has 0 spiro atoms. The van der Waals surface area contributed by atoms with Gasteiger partial charge in [-0.05, 0) is 25.0 Å². The molecular weight excluding hydrogens is 284 g/mol. The molecule has 2 aromatic rings. The molecule has 1 aliphatic rings. The Kier molecular flexibility index (Phi) is 3.47. The Labute approximate surface area is 124 Å². The molecule has 0 radical (unpaired) electrons. The molecule has 0 bridgehead atoms. The quantitative estimate of drug-likeness (QED) is 0.682. The highest BCUT2D eigenvalue weighted by Gasteiger charge is 2.37. The van der Waals surface area contributed by atoms with Crippen molar-refractivity contribution in [2.24, 2.45) is 0 Å². The van der Waals surface area contributed by atoms with Gasteiger partial charge in [-0.1, -0.05) is 30.3 Å². The van der Waals surface area contributed by atoms with Crippen LogP contribution < -0.4 is 5.73 Å². The fourth-order valence-electron chi connectivity index (χ4n) is 2.58. The number of nitrogens with two attached hydrogens (primary N) is 1. The number of nitrogen functional groups attached to an aromatic ring is 1. The lowest BCUT2D eigenvalue weighted by Crippen LogP contribution is -2.33. The molecule has 1 saturated carbocycles. The summed E-state index contributed by atoms with van der Waals surface area (Å²) in [5.74, 6) is 0. The number of rotatable bonds is 5. The van der Waals surface area contributed by atoms with Crippen LogP contribution in [0.1, 0.15) is 12.8 Å². The van der Waals surface area contributed by atoms with Crippen LogP contribution in [0.4, 0.5) is 5.69 Å². The van der Waals surface area contributed by atoms with E-state index >= 15 is 0 Å². The standard InChI is InChI=1S/C16H18N2O2S/c1-2-11-18(12-7-8-12)21(19,20)16-10-9-15(17)13-5-3-4-6-14(13)16/h2-6,9-10,12H,1,7-8,11,17H2. The molecule has 0 amide bonds. The van der Waals surface area contributed by atoms with Gasteiger partial charge in [-0.3, -0.25) is 0 Å². The van der Waals surface area contributed by atoms with E-state index in [1.807, 2.05) is 18.2 Å². The van der Waals surface area contributed by atoms with Crippen molar-refractivity contribution < 1.29 is 8.42 Å². The van der Waals surface area contributed by atoms with Gasteiger partial charge in [0.15, 0.2) is 0 Å². The van der Waals surface area contributed by atoms with Gasteiger partial charge >= 0.3 is 0 Å². The highest BCUT2D eigenvalue weighted by atomic mass is 32.2. The first-order valence-corrected chi connectivity index (χ1v) is 8.39. The Bertz CT molecular complexity index is 795. The van der Waals surface area contributed by atoms with E-state index in [4.69, 9.17) is 5.73 Å². The Morgan fingerprint density at radius 3 is 2.48 bits per heavy atom. The van der Waals surface area contributed by atoms with E-state index in [2.05, 4.69) is 6.58 Å². The van der Waals surface area contributed by atoms with Crippen molar-refractivity contribution in [3.05, 3.63) is 49.1 Å². The predicted molar refractivity (Wildman–Crippen MR) is 85.5 cm³/mol. The van der Waals surface area contributed by atoms with Crippen molar-refractivity contribution in [3.63, 3.8) is 0 Å². The maximum absolute atomic E-state index is 13.0. The molecule has 2 N–H and O–H groups in total. The second-order valence-corrected chi connectivity index (χ2v) is 7.15. The lowest BCUT2D eigenvalue weighted by molar-refractivity contribution is 0.436. The predicted octanol–water partition coefficient (Wildman–Crippen LogP) is 2.76. The average molecular weight is 302 g/mol. The molecule has 21 heavy (non-hydrogen) atoms. The number of anilines is 1. The van der Waals surface area contributed by atoms with Gasteiger partial charge < -0.3 is 5.73 Å². The minimum absolute atomic E-state index is 0.101. The molecular formula is C16H18N2O2S. The largest absolute Gasteiger partial charge is 0.398 e. The second-order valence-electron chi connectivity index (χ2n) is 5.29. The summed E-state index contributed by atoms with van der Waals surface area (Å²) >= 11 is 0. The summed E-state index contributed by atoms with van der Waals surface area (Å²) < 4.78 is 27.5. The molecule has 110 valence electrons. The SMILES string of the molecule is C=CCN(C1CC1)S(=O)(=O)c1ccc(N)c2ccccc12. The van der Waals surface area contributed by atoms with E-state index in [0.29, 0.717) is 22.5 Å². The fourth-order valence-corrected chi connectivity index (χ4v) is 4.43. The molecule has 0 atom stereocenters. The molecule has 3 rings (SSSR count). The van der Waals surface area contributed by atoms with Gasteiger partial charge in [-0.25, -0.2) is 8.42 Å². The van der Waals surface area contributed by atoms with Gasteiger partial charge in [0.2, 0.25) is 10.0 Å². The normalized spacial score (nSPS) is 15.5. The molecule has 0 saturated heterocycles. The first kappa shape index (κ1) is 14.1. The van der Waals surface area contributed by atoms with Crippen molar-refractivity contribution in [1.82, 2.24) is 4.31 Å². The molecule has 4 nitrogen and oxygen atoms in total. The van der Waals surface area contributed by atoms with Crippen LogP contribution in [0, 0.1) is 0 Å². The first-order valence-electron chi connectivity index (χ1n) is 6.95. The van der Waals surface area contributed by atoms with Gasteiger partial charge in [-0.15, -0.1) is 6.58 Å². The van der Waals surface area contributed by atoms with Crippen LogP contribution in [0.5, 0.6) is 0 Å². The van der Waals surface area contributed by atoms with E-state index in [0.717, 1.165) is 18.2 Å². The minimum Gasteiger partial charge on any atom is -0.398 e. The zero-order valence-electron chi connectivity index (χ0n) is 11.7. The van der Waals surface area contributed by atoms with Crippen molar-refractivity contribution in [3.8, 4) is 0 Å². The van der Waals surface area contributed by atoms with E-state index in [1.54, 1.807) is 24.3 Å². The Morgan fingerprint density at radius 1 is 1.19 bits per heavy atom. The topological polar surface area (TPSA) is 63.4 Å². The van der Waals surface area contributed by atoms with Gasteiger partial charge in [-0.2, -0.15) is 4.31 Å². The summed E-state index contributed by atoms with van der Waals surface area (Å²) in [6.45, 7) is 4.01. The van der Waals surface area contributed by atoms with Crippen LogP contribution in [0.2, 0.25) is 0 Å². The van der Waals surface area contributed by atoms with E-state index in [1.165, 1.54) is 4.31 Å². The van der Waals surface area contributed by atoms with Crippen LogP contribution in [-0.2, 0) is 10.0 Å². The zero-order valence-corrected chi connectivity index (χ0v) is 12.5. The van der Waals surface area contributed by atoms with Crippen molar-refractivity contribution in [1.29, 1.82) is 0 Å². The summed E-state index contributed by atoms with van der Waals surface area (Å²) in [6.07, 6.45) is 3.47. The third kappa shape index (κ3) is 2.43. The maximum Gasteiger partial charge on any atom is 0.244 e. The Hall–Kier alpha value is -1.85. The lowest BCUT2D eigenvalue weighted by atomic mass is 10.1. The summed E-state index contributed by atoms with van der Waals surface area (Å²) in [7, 11) is -3.54. The maximum atomic E-state index is 13.0. The summed E-state index contributed by atoms with van der Waals surface area (Å²) in [4.78, 5) is 0.320. The smallest absolute Gasteiger partial charge is 0.244 e. The molecule has 2 aromatic carbocycles. The van der Waals surface area contributed by atoms with Gasteiger partial charge in [0.1, 0.15) is 0 Å². The summed E-state index contributed by atoms with van der Waals surface area (Å²) in [5, 5.41) is 1.44. The Balaban J connectivity index is 2.19. The molecule has 1 aliphatic carbocycles. The molecule has 0 heterocycles. The van der Waals surface area contributed by atoms with Crippen molar-refractivity contribution in [2.75, 3.05) is 12.3 Å². The van der Waals surface area contributed by atoms with E-state index < -0.39 is 10.0 Å². The van der Waals surface area contributed by atoms with Crippen LogP contribution in [0.25, 0.3) is 10.8 Å². The van der Waals surface area contributed by atoms with Crippen molar-refractivity contribution >= 4 is 26.5 Å². The molecule has 0 unspecified atom stereocenters. The molecule has 0 aliphatic heterocycles. The number of benzene rings is 2. The van der Waals surface area contributed by atoms with Gasteiger partial charge in [0, 0.05) is 29.0 Å². The van der Waals surface area contributed by atoms with Crippen molar-refractivity contribution in [2.45, 2.75) is 23.8 Å². The van der Waals surface area contributed by atoms with Gasteiger partial charge in [0.05, 0.1) is 4.90 Å². The number of hydrogen-bond donors (Lipinski definition) is 1. The average Bonchev–Trinajstić information content (AvgIpc) is 3.29. The van der Waals surface area contributed by atoms with Crippen LogP contribution in [-0.4, -0.2) is 25.3 Å².